The van der Waals surface area contributed by atoms with E-state index in [4.69, 9.17) is 0 Å². The minimum Gasteiger partial charge on any atom is -0.348 e. The van der Waals surface area contributed by atoms with Gasteiger partial charge in [0.1, 0.15) is 11.6 Å². The lowest BCUT2D eigenvalue weighted by atomic mass is 10.1. The summed E-state index contributed by atoms with van der Waals surface area (Å²) in [6, 6.07) is 2.94. The zero-order chi connectivity index (χ0) is 14.5. The Hall–Kier alpha value is -1.49. The van der Waals surface area contributed by atoms with Gasteiger partial charge in [0.05, 0.1) is 12.6 Å². The van der Waals surface area contributed by atoms with Gasteiger partial charge in [-0.1, -0.05) is 12.5 Å². The first-order valence-corrected chi connectivity index (χ1v) is 7.03. The third-order valence-electron chi connectivity index (χ3n) is 3.62. The van der Waals surface area contributed by atoms with E-state index >= 15 is 0 Å². The van der Waals surface area contributed by atoms with Gasteiger partial charge in [-0.15, -0.1) is 0 Å². The van der Waals surface area contributed by atoms with E-state index in [-0.39, 0.29) is 5.91 Å². The van der Waals surface area contributed by atoms with E-state index < -0.39 is 17.7 Å². The van der Waals surface area contributed by atoms with Crippen LogP contribution < -0.4 is 5.32 Å². The fourth-order valence-corrected chi connectivity index (χ4v) is 2.54. The second kappa shape index (κ2) is 6.79. The average molecular weight is 282 g/mol. The molecule has 3 nitrogen and oxygen atoms in total. The van der Waals surface area contributed by atoms with Crippen LogP contribution in [0.15, 0.2) is 18.2 Å². The third kappa shape index (κ3) is 4.00. The molecule has 1 heterocycles. The molecular weight excluding hydrogens is 262 g/mol. The van der Waals surface area contributed by atoms with Crippen molar-refractivity contribution in [3.05, 3.63) is 35.4 Å². The Morgan fingerprint density at radius 3 is 2.65 bits per heavy atom. The standard InChI is InChI=1S/C15H20F2N2O/c1-11(13-6-5-12(16)9-14(13)17)18-15(20)10-19-7-3-2-4-8-19/h5-6,9,11H,2-4,7-8,10H2,1H3,(H,18,20)/t11-/m0/s1. The summed E-state index contributed by atoms with van der Waals surface area (Å²) in [6.07, 6.45) is 3.46. The summed E-state index contributed by atoms with van der Waals surface area (Å²) < 4.78 is 26.5. The lowest BCUT2D eigenvalue weighted by molar-refractivity contribution is -0.123. The molecule has 1 N–H and O–H groups in total. The van der Waals surface area contributed by atoms with Crippen molar-refractivity contribution in [1.29, 1.82) is 0 Å². The maximum atomic E-state index is 13.6. The van der Waals surface area contributed by atoms with Crippen molar-refractivity contribution in [3.8, 4) is 0 Å². The fourth-order valence-electron chi connectivity index (χ4n) is 2.54. The Labute approximate surface area is 118 Å². The fraction of sp³-hybridized carbons (Fsp3) is 0.533. The molecule has 1 fully saturated rings. The molecule has 0 unspecified atom stereocenters. The van der Waals surface area contributed by atoms with E-state index in [1.807, 2.05) is 0 Å². The van der Waals surface area contributed by atoms with Crippen LogP contribution in [0.1, 0.15) is 37.8 Å². The van der Waals surface area contributed by atoms with Crippen molar-refractivity contribution in [2.24, 2.45) is 0 Å². The van der Waals surface area contributed by atoms with Gasteiger partial charge < -0.3 is 5.32 Å². The zero-order valence-electron chi connectivity index (χ0n) is 11.7. The van der Waals surface area contributed by atoms with Crippen LogP contribution in [0.2, 0.25) is 0 Å². The number of hydrogen-bond donors (Lipinski definition) is 1. The minimum absolute atomic E-state index is 0.122. The molecule has 0 bridgehead atoms. The van der Waals surface area contributed by atoms with Crippen LogP contribution in [0, 0.1) is 11.6 Å². The number of carbonyl (C=O) groups excluding carboxylic acids is 1. The molecule has 1 aliphatic heterocycles. The predicted molar refractivity (Wildman–Crippen MR) is 73.2 cm³/mol. The molecule has 0 saturated carbocycles. The Morgan fingerprint density at radius 2 is 2.00 bits per heavy atom. The van der Waals surface area contributed by atoms with Crippen molar-refractivity contribution in [1.82, 2.24) is 10.2 Å². The summed E-state index contributed by atoms with van der Waals surface area (Å²) in [5, 5.41) is 2.76. The number of likely N-dealkylation sites (tertiary alicyclic amines) is 1. The number of rotatable bonds is 4. The van der Waals surface area contributed by atoms with Crippen LogP contribution in [0.25, 0.3) is 0 Å². The highest BCUT2D eigenvalue weighted by Gasteiger charge is 2.17. The third-order valence-corrected chi connectivity index (χ3v) is 3.62. The highest BCUT2D eigenvalue weighted by molar-refractivity contribution is 5.78. The van der Waals surface area contributed by atoms with Crippen LogP contribution in [0.4, 0.5) is 8.78 Å². The lowest BCUT2D eigenvalue weighted by Gasteiger charge is -2.26. The number of hydrogen-bond acceptors (Lipinski definition) is 2. The topological polar surface area (TPSA) is 32.3 Å². The number of carbonyl (C=O) groups is 1. The maximum Gasteiger partial charge on any atom is 0.234 e. The molecule has 1 aromatic rings. The Balaban J connectivity index is 1.89. The number of piperidine rings is 1. The van der Waals surface area contributed by atoms with Gasteiger partial charge in [-0.2, -0.15) is 0 Å². The average Bonchev–Trinajstić information content (AvgIpc) is 2.39. The van der Waals surface area contributed by atoms with Crippen LogP contribution >= 0.6 is 0 Å². The van der Waals surface area contributed by atoms with Crippen molar-refractivity contribution in [3.63, 3.8) is 0 Å². The van der Waals surface area contributed by atoms with Gasteiger partial charge in [0.15, 0.2) is 0 Å². The largest absolute Gasteiger partial charge is 0.348 e. The van der Waals surface area contributed by atoms with Gasteiger partial charge in [-0.05, 0) is 38.9 Å². The summed E-state index contributed by atoms with van der Waals surface area (Å²) >= 11 is 0. The summed E-state index contributed by atoms with van der Waals surface area (Å²) in [7, 11) is 0. The molecule has 0 aliphatic carbocycles. The van der Waals surface area contributed by atoms with Crippen LogP contribution in [0.3, 0.4) is 0 Å². The van der Waals surface area contributed by atoms with Gasteiger partial charge in [-0.25, -0.2) is 8.78 Å². The number of benzene rings is 1. The molecule has 0 aromatic heterocycles. The number of halogens is 2. The molecule has 1 aliphatic rings. The first kappa shape index (κ1) is 14.9. The normalized spacial score (nSPS) is 17.8. The van der Waals surface area contributed by atoms with Gasteiger partial charge >= 0.3 is 0 Å². The monoisotopic (exact) mass is 282 g/mol. The van der Waals surface area contributed by atoms with Crippen LogP contribution in [-0.2, 0) is 4.79 Å². The Kier molecular flexibility index (Phi) is 5.06. The molecule has 20 heavy (non-hydrogen) atoms. The first-order chi connectivity index (χ1) is 9.56. The maximum absolute atomic E-state index is 13.6. The van der Waals surface area contributed by atoms with E-state index in [0.717, 1.165) is 32.0 Å². The highest BCUT2D eigenvalue weighted by Crippen LogP contribution is 2.17. The van der Waals surface area contributed by atoms with Gasteiger partial charge in [0.2, 0.25) is 5.91 Å². The zero-order valence-corrected chi connectivity index (χ0v) is 11.7. The van der Waals surface area contributed by atoms with Crippen molar-refractivity contribution in [2.75, 3.05) is 19.6 Å². The molecule has 5 heteroatoms. The number of nitrogens with zero attached hydrogens (tertiary/aromatic N) is 1. The second-order valence-electron chi connectivity index (χ2n) is 5.29. The summed E-state index contributed by atoms with van der Waals surface area (Å²) in [6.45, 7) is 3.91. The predicted octanol–water partition coefficient (Wildman–Crippen LogP) is 2.63. The second-order valence-corrected chi connectivity index (χ2v) is 5.29. The lowest BCUT2D eigenvalue weighted by Crippen LogP contribution is -2.40. The van der Waals surface area contributed by atoms with Crippen molar-refractivity contribution in [2.45, 2.75) is 32.2 Å². The minimum atomic E-state index is -0.629. The number of nitrogens with one attached hydrogen (secondary N) is 1. The molecule has 1 amide bonds. The summed E-state index contributed by atoms with van der Waals surface area (Å²) in [5.74, 6) is -1.36. The summed E-state index contributed by atoms with van der Waals surface area (Å²) in [4.78, 5) is 14.0. The molecule has 110 valence electrons. The molecule has 0 radical (unpaired) electrons. The molecular formula is C15H20F2N2O. The van der Waals surface area contributed by atoms with Crippen LogP contribution in [-0.4, -0.2) is 30.4 Å². The van der Waals surface area contributed by atoms with Crippen molar-refractivity contribution >= 4 is 5.91 Å². The Morgan fingerprint density at radius 1 is 1.30 bits per heavy atom. The van der Waals surface area contributed by atoms with Gasteiger partial charge in [0, 0.05) is 11.6 Å². The Bertz CT molecular complexity index is 473. The van der Waals surface area contributed by atoms with Crippen molar-refractivity contribution < 1.29 is 13.6 Å². The smallest absolute Gasteiger partial charge is 0.234 e. The highest BCUT2D eigenvalue weighted by atomic mass is 19.1. The molecule has 1 saturated heterocycles. The summed E-state index contributed by atoms with van der Waals surface area (Å²) in [5.41, 5.74) is 0.304. The molecule has 1 atom stereocenters. The molecule has 1 aromatic carbocycles. The molecule has 2 rings (SSSR count). The SMILES string of the molecule is C[C@H](NC(=O)CN1CCCCC1)c1ccc(F)cc1F. The first-order valence-electron chi connectivity index (χ1n) is 7.03. The van der Waals surface area contributed by atoms with E-state index in [9.17, 15) is 13.6 Å². The molecule has 0 spiro atoms. The van der Waals surface area contributed by atoms with Gasteiger partial charge in [-0.3, -0.25) is 9.69 Å². The van der Waals surface area contributed by atoms with E-state index in [2.05, 4.69) is 10.2 Å². The number of amides is 1. The quantitative estimate of drug-likeness (QED) is 0.920. The van der Waals surface area contributed by atoms with E-state index in [0.29, 0.717) is 12.1 Å². The van der Waals surface area contributed by atoms with Crippen LogP contribution in [0.5, 0.6) is 0 Å². The van der Waals surface area contributed by atoms with E-state index in [1.165, 1.54) is 18.6 Å². The van der Waals surface area contributed by atoms with E-state index in [1.54, 1.807) is 6.92 Å². The van der Waals surface area contributed by atoms with Gasteiger partial charge in [0.25, 0.3) is 0 Å².